The Bertz CT molecular complexity index is 658. The third kappa shape index (κ3) is 3.38. The van der Waals surface area contributed by atoms with Gasteiger partial charge < -0.3 is 10.2 Å². The summed E-state index contributed by atoms with van der Waals surface area (Å²) in [6.45, 7) is 0. The van der Waals surface area contributed by atoms with E-state index >= 15 is 0 Å². The third-order valence-corrected chi connectivity index (χ3v) is 6.42. The van der Waals surface area contributed by atoms with Gasteiger partial charge in [0.1, 0.15) is 6.04 Å². The number of hydrogen-bond acceptors (Lipinski definition) is 2. The van der Waals surface area contributed by atoms with E-state index < -0.39 is 6.04 Å². The lowest BCUT2D eigenvalue weighted by Crippen LogP contribution is -2.46. The van der Waals surface area contributed by atoms with Crippen LogP contribution in [-0.2, 0) is 4.79 Å². The number of carbonyl (C=O) groups excluding carboxylic acids is 2. The first-order valence-electron chi connectivity index (χ1n) is 10.5. The van der Waals surface area contributed by atoms with Crippen LogP contribution in [0.25, 0.3) is 0 Å². The topological polar surface area (TPSA) is 49.4 Å². The van der Waals surface area contributed by atoms with Crippen LogP contribution in [0.5, 0.6) is 0 Å². The molecule has 0 radical (unpaired) electrons. The van der Waals surface area contributed by atoms with E-state index in [-0.39, 0.29) is 23.9 Å². The standard InChI is InChI=1S/C22H30N2O2/c25-21(23-16-10-6-7-11-16)20-18-14-8-9-15-19(18)22(26)24(20)17-12-4-2-1-3-5-13-17/h8-9,14-17,20H,1-7,10-13H2,(H,23,25)/t20-/m0/s1. The van der Waals surface area contributed by atoms with Crippen LogP contribution in [0.2, 0.25) is 0 Å². The van der Waals surface area contributed by atoms with Crippen molar-refractivity contribution in [2.24, 2.45) is 0 Å². The van der Waals surface area contributed by atoms with E-state index in [9.17, 15) is 9.59 Å². The average Bonchev–Trinajstić information content (AvgIpc) is 3.22. The lowest BCUT2D eigenvalue weighted by atomic mass is 9.94. The normalized spacial score (nSPS) is 25.0. The first-order chi connectivity index (χ1) is 12.8. The molecule has 2 aliphatic carbocycles. The molecule has 4 nitrogen and oxygen atoms in total. The van der Waals surface area contributed by atoms with Gasteiger partial charge in [-0.15, -0.1) is 0 Å². The Balaban J connectivity index is 1.61. The van der Waals surface area contributed by atoms with Gasteiger partial charge in [0.05, 0.1) is 0 Å². The first-order valence-corrected chi connectivity index (χ1v) is 10.5. The molecule has 26 heavy (non-hydrogen) atoms. The molecule has 2 fully saturated rings. The minimum Gasteiger partial charge on any atom is -0.351 e. The zero-order chi connectivity index (χ0) is 17.9. The van der Waals surface area contributed by atoms with E-state index in [0.717, 1.165) is 49.7 Å². The van der Waals surface area contributed by atoms with E-state index in [2.05, 4.69) is 5.32 Å². The number of nitrogens with zero attached hydrogens (tertiary/aromatic N) is 1. The molecule has 1 aliphatic heterocycles. The van der Waals surface area contributed by atoms with Crippen LogP contribution < -0.4 is 5.32 Å². The summed E-state index contributed by atoms with van der Waals surface area (Å²) in [5, 5.41) is 3.25. The molecule has 2 saturated carbocycles. The molecule has 2 amide bonds. The second-order valence-electron chi connectivity index (χ2n) is 8.19. The molecular formula is C22H30N2O2. The van der Waals surface area contributed by atoms with Crippen LogP contribution in [0.15, 0.2) is 24.3 Å². The third-order valence-electron chi connectivity index (χ3n) is 6.42. The number of amides is 2. The van der Waals surface area contributed by atoms with Crippen molar-refractivity contribution < 1.29 is 9.59 Å². The summed E-state index contributed by atoms with van der Waals surface area (Å²) >= 11 is 0. The smallest absolute Gasteiger partial charge is 0.255 e. The van der Waals surface area contributed by atoms with Crippen LogP contribution in [-0.4, -0.2) is 28.8 Å². The zero-order valence-electron chi connectivity index (χ0n) is 15.6. The lowest BCUT2D eigenvalue weighted by molar-refractivity contribution is -0.127. The van der Waals surface area contributed by atoms with Crippen molar-refractivity contribution in [1.82, 2.24) is 10.2 Å². The van der Waals surface area contributed by atoms with E-state index in [1.807, 2.05) is 29.2 Å². The van der Waals surface area contributed by atoms with Crippen LogP contribution >= 0.6 is 0 Å². The Morgan fingerprint density at radius 1 is 0.885 bits per heavy atom. The molecule has 0 saturated heterocycles. The summed E-state index contributed by atoms with van der Waals surface area (Å²) < 4.78 is 0. The molecule has 140 valence electrons. The Morgan fingerprint density at radius 2 is 1.50 bits per heavy atom. The molecule has 1 aromatic carbocycles. The highest BCUT2D eigenvalue weighted by molar-refractivity contribution is 6.04. The molecule has 4 rings (SSSR count). The Hall–Kier alpha value is -1.84. The number of hydrogen-bond donors (Lipinski definition) is 1. The second kappa shape index (κ2) is 7.81. The monoisotopic (exact) mass is 354 g/mol. The molecule has 4 heteroatoms. The summed E-state index contributed by atoms with van der Waals surface area (Å²) in [7, 11) is 0. The van der Waals surface area contributed by atoms with Crippen LogP contribution in [0.1, 0.15) is 92.6 Å². The number of nitrogens with one attached hydrogen (secondary N) is 1. The highest BCUT2D eigenvalue weighted by Crippen LogP contribution is 2.38. The van der Waals surface area contributed by atoms with Crippen molar-refractivity contribution in [3.63, 3.8) is 0 Å². The first kappa shape index (κ1) is 17.6. The Labute approximate surface area is 156 Å². The van der Waals surface area contributed by atoms with Gasteiger partial charge in [0.2, 0.25) is 5.91 Å². The highest BCUT2D eigenvalue weighted by atomic mass is 16.2. The predicted molar refractivity (Wildman–Crippen MR) is 102 cm³/mol. The van der Waals surface area contributed by atoms with Gasteiger partial charge in [-0.3, -0.25) is 9.59 Å². The molecule has 0 bridgehead atoms. The second-order valence-corrected chi connectivity index (χ2v) is 8.19. The van der Waals surface area contributed by atoms with E-state index in [0.29, 0.717) is 0 Å². The average molecular weight is 354 g/mol. The fourth-order valence-corrected chi connectivity index (χ4v) is 5.04. The van der Waals surface area contributed by atoms with Crippen LogP contribution in [0.4, 0.5) is 0 Å². The maximum atomic E-state index is 13.2. The molecule has 0 aromatic heterocycles. The quantitative estimate of drug-likeness (QED) is 0.877. The SMILES string of the molecule is O=C(NC1CCCC1)[C@@H]1c2ccccc2C(=O)N1C1CCCCCCC1. The minimum absolute atomic E-state index is 0.0252. The van der Waals surface area contributed by atoms with Crippen molar-refractivity contribution >= 4 is 11.8 Å². The van der Waals surface area contributed by atoms with Gasteiger partial charge in [-0.05, 0) is 37.3 Å². The number of fused-ring (bicyclic) bond motifs is 1. The van der Waals surface area contributed by atoms with Gasteiger partial charge in [-0.25, -0.2) is 0 Å². The van der Waals surface area contributed by atoms with Gasteiger partial charge in [-0.1, -0.05) is 63.1 Å². The summed E-state index contributed by atoms with van der Waals surface area (Å²) in [5.41, 5.74) is 1.62. The number of rotatable bonds is 3. The van der Waals surface area contributed by atoms with Crippen LogP contribution in [0, 0.1) is 0 Å². The van der Waals surface area contributed by atoms with Gasteiger partial charge in [-0.2, -0.15) is 0 Å². The zero-order valence-corrected chi connectivity index (χ0v) is 15.6. The minimum atomic E-state index is -0.441. The fraction of sp³-hybridized carbons (Fsp3) is 0.636. The van der Waals surface area contributed by atoms with E-state index in [4.69, 9.17) is 0 Å². The summed E-state index contributed by atoms with van der Waals surface area (Å²) in [6.07, 6.45) is 12.6. The lowest BCUT2D eigenvalue weighted by Gasteiger charge is -2.34. The van der Waals surface area contributed by atoms with Crippen molar-refractivity contribution in [2.75, 3.05) is 0 Å². The van der Waals surface area contributed by atoms with E-state index in [1.165, 1.54) is 32.1 Å². The highest BCUT2D eigenvalue weighted by Gasteiger charge is 2.44. The van der Waals surface area contributed by atoms with Crippen molar-refractivity contribution in [3.8, 4) is 0 Å². The molecule has 0 spiro atoms. The molecule has 3 aliphatic rings. The molecular weight excluding hydrogens is 324 g/mol. The maximum absolute atomic E-state index is 13.2. The van der Waals surface area contributed by atoms with Gasteiger partial charge in [0.25, 0.3) is 5.91 Å². The Morgan fingerprint density at radius 3 is 2.23 bits per heavy atom. The van der Waals surface area contributed by atoms with Gasteiger partial charge >= 0.3 is 0 Å². The number of benzene rings is 1. The van der Waals surface area contributed by atoms with Crippen molar-refractivity contribution in [1.29, 1.82) is 0 Å². The Kier molecular flexibility index (Phi) is 5.28. The largest absolute Gasteiger partial charge is 0.351 e. The molecule has 1 atom stereocenters. The summed E-state index contributed by atoms with van der Waals surface area (Å²) in [5.74, 6) is 0.0787. The molecule has 1 N–H and O–H groups in total. The van der Waals surface area contributed by atoms with Crippen molar-refractivity contribution in [2.45, 2.75) is 88.8 Å². The molecule has 0 unspecified atom stereocenters. The fourth-order valence-electron chi connectivity index (χ4n) is 5.04. The molecule has 1 aromatic rings. The maximum Gasteiger partial charge on any atom is 0.255 e. The van der Waals surface area contributed by atoms with Crippen molar-refractivity contribution in [3.05, 3.63) is 35.4 Å². The predicted octanol–water partition coefficient (Wildman–Crippen LogP) is 4.36. The van der Waals surface area contributed by atoms with E-state index in [1.54, 1.807) is 0 Å². The molecule has 1 heterocycles. The summed E-state index contributed by atoms with van der Waals surface area (Å²) in [4.78, 5) is 28.3. The van der Waals surface area contributed by atoms with Crippen LogP contribution in [0.3, 0.4) is 0 Å². The van der Waals surface area contributed by atoms with Gasteiger partial charge in [0.15, 0.2) is 0 Å². The number of carbonyl (C=O) groups is 2. The summed E-state index contributed by atoms with van der Waals surface area (Å²) in [6, 6.07) is 7.74. The van der Waals surface area contributed by atoms with Gasteiger partial charge in [0, 0.05) is 17.6 Å².